The quantitative estimate of drug-likeness (QED) is 0.700. The second-order valence-electron chi connectivity index (χ2n) is 6.13. The molecule has 1 unspecified atom stereocenters. The van der Waals surface area contributed by atoms with E-state index in [-0.39, 0.29) is 0 Å². The van der Waals surface area contributed by atoms with Crippen molar-refractivity contribution in [3.8, 4) is 0 Å². The molecule has 2 saturated carbocycles. The fourth-order valence-electron chi connectivity index (χ4n) is 3.51. The number of hydrogen-bond donors (Lipinski definition) is 0. The van der Waals surface area contributed by atoms with Gasteiger partial charge in [-0.2, -0.15) is 0 Å². The Hall–Kier alpha value is -0.370. The zero-order chi connectivity index (χ0) is 12.1. The summed E-state index contributed by atoms with van der Waals surface area (Å²) in [5.74, 6) is 1.77. The lowest BCUT2D eigenvalue weighted by molar-refractivity contribution is -0.123. The second kappa shape index (κ2) is 6.53. The van der Waals surface area contributed by atoms with E-state index in [2.05, 4.69) is 11.9 Å². The van der Waals surface area contributed by atoms with E-state index in [1.807, 2.05) is 0 Å². The average Bonchev–Trinajstić information content (AvgIpc) is 2.71. The Morgan fingerprint density at radius 1 is 1.00 bits per heavy atom. The minimum atomic E-state index is 0.337. The Labute approximate surface area is 106 Å². The summed E-state index contributed by atoms with van der Waals surface area (Å²) in [6, 6.07) is 0. The zero-order valence-corrected chi connectivity index (χ0v) is 11.3. The van der Waals surface area contributed by atoms with E-state index in [0.717, 1.165) is 31.7 Å². The summed E-state index contributed by atoms with van der Waals surface area (Å²) >= 11 is 0. The van der Waals surface area contributed by atoms with Gasteiger partial charge in [-0.15, -0.1) is 0 Å². The van der Waals surface area contributed by atoms with E-state index >= 15 is 0 Å². The standard InChI is InChI=1S/C15H27NO/c1-16(11-13-7-5-6-8-13)12-14-9-3-2-4-10-15(14)17/h13-14H,2-12H2,1H3. The molecule has 17 heavy (non-hydrogen) atoms. The molecule has 0 aromatic carbocycles. The Balaban J connectivity index is 1.75. The van der Waals surface area contributed by atoms with Gasteiger partial charge in [0, 0.05) is 25.4 Å². The van der Waals surface area contributed by atoms with Crippen LogP contribution < -0.4 is 0 Å². The summed E-state index contributed by atoms with van der Waals surface area (Å²) in [6.07, 6.45) is 11.3. The summed E-state index contributed by atoms with van der Waals surface area (Å²) in [4.78, 5) is 14.4. The third kappa shape index (κ3) is 4.09. The van der Waals surface area contributed by atoms with E-state index in [0.29, 0.717) is 11.7 Å². The third-order valence-corrected chi connectivity index (χ3v) is 4.51. The molecule has 0 radical (unpaired) electrons. The van der Waals surface area contributed by atoms with E-state index < -0.39 is 0 Å². The molecule has 0 aliphatic heterocycles. The van der Waals surface area contributed by atoms with Gasteiger partial charge >= 0.3 is 0 Å². The van der Waals surface area contributed by atoms with Crippen LogP contribution in [-0.4, -0.2) is 30.8 Å². The molecule has 0 heterocycles. The van der Waals surface area contributed by atoms with E-state index in [4.69, 9.17) is 0 Å². The van der Waals surface area contributed by atoms with Crippen molar-refractivity contribution in [2.75, 3.05) is 20.1 Å². The van der Waals surface area contributed by atoms with Crippen LogP contribution in [0.25, 0.3) is 0 Å². The van der Waals surface area contributed by atoms with Crippen LogP contribution in [0.4, 0.5) is 0 Å². The van der Waals surface area contributed by atoms with Crippen LogP contribution in [0, 0.1) is 11.8 Å². The van der Waals surface area contributed by atoms with Gasteiger partial charge in [-0.05, 0) is 38.6 Å². The number of Topliss-reactive ketones (excluding diaryl/α,β-unsaturated/α-hetero) is 1. The van der Waals surface area contributed by atoms with Crippen molar-refractivity contribution in [2.45, 2.75) is 57.8 Å². The van der Waals surface area contributed by atoms with E-state index in [1.54, 1.807) is 0 Å². The lowest BCUT2D eigenvalue weighted by atomic mass is 9.98. The molecule has 0 aromatic rings. The number of ketones is 1. The first-order valence-corrected chi connectivity index (χ1v) is 7.47. The monoisotopic (exact) mass is 237 g/mol. The number of carbonyl (C=O) groups excluding carboxylic acids is 1. The fraction of sp³-hybridized carbons (Fsp3) is 0.933. The van der Waals surface area contributed by atoms with Crippen molar-refractivity contribution >= 4 is 5.78 Å². The molecular weight excluding hydrogens is 210 g/mol. The van der Waals surface area contributed by atoms with Crippen molar-refractivity contribution in [2.24, 2.45) is 11.8 Å². The minimum Gasteiger partial charge on any atom is -0.305 e. The molecule has 0 bridgehead atoms. The number of nitrogens with zero attached hydrogens (tertiary/aromatic N) is 1. The van der Waals surface area contributed by atoms with Gasteiger partial charge in [0.2, 0.25) is 0 Å². The highest BCUT2D eigenvalue weighted by molar-refractivity contribution is 5.81. The second-order valence-corrected chi connectivity index (χ2v) is 6.13. The first-order valence-electron chi connectivity index (χ1n) is 7.47. The first kappa shape index (κ1) is 13.1. The fourth-order valence-corrected chi connectivity index (χ4v) is 3.51. The molecule has 2 aliphatic carbocycles. The molecule has 1 atom stereocenters. The van der Waals surface area contributed by atoms with Gasteiger partial charge in [-0.1, -0.05) is 25.7 Å². The van der Waals surface area contributed by atoms with Crippen LogP contribution in [-0.2, 0) is 4.79 Å². The molecule has 0 saturated heterocycles. The van der Waals surface area contributed by atoms with E-state index in [9.17, 15) is 4.79 Å². The van der Waals surface area contributed by atoms with Crippen LogP contribution >= 0.6 is 0 Å². The minimum absolute atomic E-state index is 0.337. The highest BCUT2D eigenvalue weighted by Crippen LogP contribution is 2.26. The van der Waals surface area contributed by atoms with Crippen LogP contribution in [0.2, 0.25) is 0 Å². The van der Waals surface area contributed by atoms with Gasteiger partial charge in [0.25, 0.3) is 0 Å². The lowest BCUT2D eigenvalue weighted by Gasteiger charge is -2.24. The van der Waals surface area contributed by atoms with Gasteiger partial charge in [0.1, 0.15) is 5.78 Å². The van der Waals surface area contributed by atoms with Crippen LogP contribution in [0.3, 0.4) is 0 Å². The van der Waals surface area contributed by atoms with Gasteiger partial charge in [0.05, 0.1) is 0 Å². The van der Waals surface area contributed by atoms with Crippen molar-refractivity contribution in [3.63, 3.8) is 0 Å². The predicted octanol–water partition coefficient (Wildman–Crippen LogP) is 3.26. The molecular formula is C15H27NO. The molecule has 2 heteroatoms. The largest absolute Gasteiger partial charge is 0.305 e. The SMILES string of the molecule is CN(CC1CCCC1)CC1CCCCCC1=O. The Morgan fingerprint density at radius 3 is 2.47 bits per heavy atom. The highest BCUT2D eigenvalue weighted by Gasteiger charge is 2.23. The van der Waals surface area contributed by atoms with Crippen molar-refractivity contribution in [1.82, 2.24) is 4.90 Å². The number of hydrogen-bond acceptors (Lipinski definition) is 2. The third-order valence-electron chi connectivity index (χ3n) is 4.51. The maximum Gasteiger partial charge on any atom is 0.137 e. The van der Waals surface area contributed by atoms with Crippen molar-refractivity contribution in [3.05, 3.63) is 0 Å². The lowest BCUT2D eigenvalue weighted by Crippen LogP contribution is -2.33. The molecule has 0 spiro atoms. The summed E-state index contributed by atoms with van der Waals surface area (Å²) < 4.78 is 0. The molecule has 0 amide bonds. The highest BCUT2D eigenvalue weighted by atomic mass is 16.1. The Kier molecular flexibility index (Phi) is 5.02. The molecule has 2 rings (SSSR count). The molecule has 2 aliphatic rings. The summed E-state index contributed by atoms with van der Waals surface area (Å²) in [6.45, 7) is 2.22. The summed E-state index contributed by atoms with van der Waals surface area (Å²) in [5.41, 5.74) is 0. The smallest absolute Gasteiger partial charge is 0.137 e. The maximum atomic E-state index is 12.0. The van der Waals surface area contributed by atoms with E-state index in [1.165, 1.54) is 45.1 Å². The molecule has 2 nitrogen and oxygen atoms in total. The molecule has 98 valence electrons. The zero-order valence-electron chi connectivity index (χ0n) is 11.3. The number of rotatable bonds is 4. The summed E-state index contributed by atoms with van der Waals surface area (Å²) in [5, 5.41) is 0. The van der Waals surface area contributed by atoms with Crippen molar-refractivity contribution in [1.29, 1.82) is 0 Å². The van der Waals surface area contributed by atoms with Gasteiger partial charge in [-0.25, -0.2) is 0 Å². The molecule has 0 N–H and O–H groups in total. The van der Waals surface area contributed by atoms with Crippen LogP contribution in [0.5, 0.6) is 0 Å². The van der Waals surface area contributed by atoms with Gasteiger partial charge in [-0.3, -0.25) is 4.79 Å². The predicted molar refractivity (Wildman–Crippen MR) is 71.0 cm³/mol. The molecule has 0 aromatic heterocycles. The molecule has 2 fully saturated rings. The number of carbonyl (C=O) groups is 1. The Morgan fingerprint density at radius 2 is 1.71 bits per heavy atom. The normalized spacial score (nSPS) is 27.6. The average molecular weight is 237 g/mol. The maximum absolute atomic E-state index is 12.0. The van der Waals surface area contributed by atoms with Crippen LogP contribution in [0.1, 0.15) is 57.8 Å². The Bertz CT molecular complexity index is 245. The summed E-state index contributed by atoms with van der Waals surface area (Å²) in [7, 11) is 2.20. The van der Waals surface area contributed by atoms with Crippen LogP contribution in [0.15, 0.2) is 0 Å². The van der Waals surface area contributed by atoms with Gasteiger partial charge in [0.15, 0.2) is 0 Å². The van der Waals surface area contributed by atoms with Gasteiger partial charge < -0.3 is 4.90 Å². The van der Waals surface area contributed by atoms with Crippen molar-refractivity contribution < 1.29 is 4.79 Å². The first-order chi connectivity index (χ1) is 8.25. The topological polar surface area (TPSA) is 20.3 Å².